The van der Waals surface area contributed by atoms with Crippen LogP contribution in [-0.4, -0.2) is 46.4 Å². The maximum Gasteiger partial charge on any atom is 0.294 e. The molecule has 10 nitrogen and oxygen atoms in total. The van der Waals surface area contributed by atoms with Gasteiger partial charge in [-0.3, -0.25) is 9.11 Å². The van der Waals surface area contributed by atoms with Crippen LogP contribution in [0.2, 0.25) is 0 Å². The fourth-order valence-corrected chi connectivity index (χ4v) is 7.93. The van der Waals surface area contributed by atoms with Crippen molar-refractivity contribution < 1.29 is 46.4 Å². The average Bonchev–Trinajstić information content (AvgIpc) is 3.10. The van der Waals surface area contributed by atoms with Crippen LogP contribution in [0.3, 0.4) is 0 Å². The Balaban J connectivity index is 1.55. The molecule has 12 heteroatoms. The predicted octanol–water partition coefficient (Wildman–Crippen LogP) is 7.01. The molecule has 264 valence electrons. The smallest absolute Gasteiger partial charge is 0.294 e. The molecule has 52 heavy (non-hydrogen) atoms. The van der Waals surface area contributed by atoms with E-state index < -0.39 is 47.9 Å². The number of hydrogen-bond donors (Lipinski definition) is 6. The van der Waals surface area contributed by atoms with E-state index in [9.17, 15) is 46.4 Å². The van der Waals surface area contributed by atoms with Gasteiger partial charge >= 0.3 is 0 Å². The van der Waals surface area contributed by atoms with E-state index in [4.69, 9.17) is 0 Å². The Morgan fingerprint density at radius 3 is 0.808 bits per heavy atom. The molecular formula is C40H32O10S2. The summed E-state index contributed by atoms with van der Waals surface area (Å²) in [4.78, 5) is -1.15. The molecular weight excluding hydrogens is 705 g/mol. The maximum absolute atomic E-state index is 12.5. The Hall–Kier alpha value is -5.66. The van der Waals surface area contributed by atoms with Gasteiger partial charge in [0.25, 0.3) is 20.2 Å². The second-order valence-corrected chi connectivity index (χ2v) is 15.7. The van der Waals surface area contributed by atoms with Gasteiger partial charge in [-0.1, -0.05) is 60.7 Å². The largest absolute Gasteiger partial charge is 0.507 e. The lowest BCUT2D eigenvalue weighted by molar-refractivity contribution is 0.449. The van der Waals surface area contributed by atoms with Gasteiger partial charge < -0.3 is 20.4 Å². The molecule has 0 saturated heterocycles. The molecule has 0 aliphatic heterocycles. The maximum atomic E-state index is 12.5. The van der Waals surface area contributed by atoms with Gasteiger partial charge in [0.2, 0.25) is 0 Å². The van der Waals surface area contributed by atoms with E-state index in [2.05, 4.69) is 0 Å². The summed E-state index contributed by atoms with van der Waals surface area (Å²) in [5, 5.41) is 46.7. The Bertz CT molecular complexity index is 2420. The van der Waals surface area contributed by atoms with Crippen molar-refractivity contribution in [3.63, 3.8) is 0 Å². The molecule has 1 aliphatic rings. The number of benzene rings is 6. The first-order valence-electron chi connectivity index (χ1n) is 16.1. The summed E-state index contributed by atoms with van der Waals surface area (Å²) in [6, 6.07) is 29.8. The van der Waals surface area contributed by atoms with Crippen molar-refractivity contribution in [2.45, 2.75) is 35.5 Å². The van der Waals surface area contributed by atoms with Gasteiger partial charge in [0, 0.05) is 47.9 Å². The lowest BCUT2D eigenvalue weighted by Crippen LogP contribution is -2.06. The van der Waals surface area contributed by atoms with Crippen LogP contribution in [0.4, 0.5) is 0 Å². The molecule has 0 aromatic heterocycles. The summed E-state index contributed by atoms with van der Waals surface area (Å²) < 4.78 is 70.0. The molecule has 0 fully saturated rings. The monoisotopic (exact) mass is 736 g/mol. The number of phenolic OH excluding ortho intramolecular Hbond substituents is 4. The summed E-state index contributed by atoms with van der Waals surface area (Å²) >= 11 is 0. The quantitative estimate of drug-likeness (QED) is 0.103. The third kappa shape index (κ3) is 6.84. The molecule has 0 atom stereocenters. The van der Waals surface area contributed by atoms with Crippen LogP contribution in [-0.2, 0) is 45.9 Å². The first kappa shape index (κ1) is 34.8. The highest BCUT2D eigenvalue weighted by Gasteiger charge is 2.25. The zero-order valence-electron chi connectivity index (χ0n) is 27.4. The van der Waals surface area contributed by atoms with Crippen molar-refractivity contribution in [3.8, 4) is 45.3 Å². The van der Waals surface area contributed by atoms with Crippen LogP contribution in [0.15, 0.2) is 119 Å². The van der Waals surface area contributed by atoms with E-state index in [1.165, 1.54) is 0 Å². The van der Waals surface area contributed by atoms with Crippen molar-refractivity contribution >= 4 is 20.2 Å². The van der Waals surface area contributed by atoms with Crippen molar-refractivity contribution in [2.75, 3.05) is 0 Å². The molecule has 0 radical (unpaired) electrons. The van der Waals surface area contributed by atoms with E-state index >= 15 is 0 Å². The van der Waals surface area contributed by atoms with Gasteiger partial charge in [-0.15, -0.1) is 0 Å². The summed E-state index contributed by atoms with van der Waals surface area (Å²) in [6.07, 6.45) is -0.868. The number of hydrogen-bond acceptors (Lipinski definition) is 8. The van der Waals surface area contributed by atoms with Gasteiger partial charge in [0.05, 0.1) is 9.79 Å². The minimum absolute atomic E-state index is 0.00357. The van der Waals surface area contributed by atoms with Crippen molar-refractivity contribution in [1.82, 2.24) is 0 Å². The molecule has 0 saturated carbocycles. The predicted molar refractivity (Wildman–Crippen MR) is 194 cm³/mol. The molecule has 1 aliphatic carbocycles. The van der Waals surface area contributed by atoms with Crippen molar-refractivity contribution in [3.05, 3.63) is 154 Å². The fourth-order valence-electron chi connectivity index (χ4n) is 6.77. The number of fused-ring (bicyclic) bond motifs is 8. The lowest BCUT2D eigenvalue weighted by atomic mass is 9.88. The third-order valence-corrected chi connectivity index (χ3v) is 11.0. The van der Waals surface area contributed by atoms with Crippen LogP contribution in [0.5, 0.6) is 23.0 Å². The van der Waals surface area contributed by atoms with Gasteiger partial charge in [-0.05, 0) is 93.0 Å². The van der Waals surface area contributed by atoms with E-state index in [1.54, 1.807) is 24.3 Å². The van der Waals surface area contributed by atoms with E-state index in [-0.39, 0.29) is 53.0 Å². The van der Waals surface area contributed by atoms with Crippen molar-refractivity contribution in [1.29, 1.82) is 0 Å². The Morgan fingerprint density at radius 2 is 0.577 bits per heavy atom. The molecule has 0 spiro atoms. The summed E-state index contributed by atoms with van der Waals surface area (Å²) in [5.41, 5.74) is 4.24. The first-order chi connectivity index (χ1) is 24.7. The van der Waals surface area contributed by atoms with Crippen LogP contribution < -0.4 is 0 Å². The summed E-state index contributed by atoms with van der Waals surface area (Å²) in [5.74, 6) is -1.15. The SMILES string of the molecule is O=S(=O)(O)c1cc2c(O)c(c1)Cc1cc(S(=O)(=O)O)cc(c1O)Cc1cc(-c3ccccc3)cc(c1O)Cc1cc(-c3ccccc3)cc(c1O)C2. The summed E-state index contributed by atoms with van der Waals surface area (Å²) in [6.45, 7) is 0. The Morgan fingerprint density at radius 1 is 0.346 bits per heavy atom. The normalized spacial score (nSPS) is 13.1. The molecule has 8 bridgehead atoms. The highest BCUT2D eigenvalue weighted by Crippen LogP contribution is 2.42. The average molecular weight is 737 g/mol. The molecule has 6 aromatic rings. The van der Waals surface area contributed by atoms with Crippen LogP contribution in [0.1, 0.15) is 44.5 Å². The fraction of sp³-hybridized carbons (Fsp3) is 0.100. The standard InChI is InChI=1S/C40H32O10S2/c41-37-27-11-25(23-7-3-1-4-8-23)13-29(37)16-31-19-35(51(45,46)47)21-33(39(31)43)18-34-22-36(52(48,49)50)20-32(40(34)44)17-30-14-26(12-28(15-27)38(30)42)24-9-5-2-6-10-24/h1-14,19-22,41-44H,15-18H2,(H,45,46,47)(H,48,49,50). The van der Waals surface area contributed by atoms with Crippen LogP contribution >= 0.6 is 0 Å². The first-order valence-corrected chi connectivity index (χ1v) is 19.0. The zero-order chi connectivity index (χ0) is 36.9. The topological polar surface area (TPSA) is 190 Å². The second kappa shape index (κ2) is 13.1. The van der Waals surface area contributed by atoms with E-state index in [0.717, 1.165) is 35.4 Å². The Labute approximate surface area is 300 Å². The molecule has 0 unspecified atom stereocenters. The van der Waals surface area contributed by atoms with Crippen molar-refractivity contribution in [2.24, 2.45) is 0 Å². The third-order valence-electron chi connectivity index (χ3n) is 9.35. The molecule has 7 rings (SSSR count). The number of rotatable bonds is 4. The molecule has 6 N–H and O–H groups in total. The highest BCUT2D eigenvalue weighted by molar-refractivity contribution is 7.86. The Kier molecular flexibility index (Phi) is 8.79. The second-order valence-electron chi connectivity index (χ2n) is 12.9. The summed E-state index contributed by atoms with van der Waals surface area (Å²) in [7, 11) is -9.67. The van der Waals surface area contributed by atoms with Gasteiger partial charge in [-0.25, -0.2) is 0 Å². The van der Waals surface area contributed by atoms with Gasteiger partial charge in [-0.2, -0.15) is 16.8 Å². The van der Waals surface area contributed by atoms with E-state index in [0.29, 0.717) is 33.4 Å². The van der Waals surface area contributed by atoms with Crippen LogP contribution in [0, 0.1) is 0 Å². The molecule has 0 heterocycles. The highest BCUT2D eigenvalue weighted by atomic mass is 32.2. The van der Waals surface area contributed by atoms with Crippen LogP contribution in [0.25, 0.3) is 22.3 Å². The zero-order valence-corrected chi connectivity index (χ0v) is 29.0. The molecule has 0 amide bonds. The minimum atomic E-state index is -4.84. The van der Waals surface area contributed by atoms with Gasteiger partial charge in [0.1, 0.15) is 23.0 Å². The molecule has 6 aromatic carbocycles. The van der Waals surface area contributed by atoms with Gasteiger partial charge in [0.15, 0.2) is 0 Å². The number of phenols is 4. The lowest BCUT2D eigenvalue weighted by Gasteiger charge is -2.20. The van der Waals surface area contributed by atoms with E-state index in [1.807, 2.05) is 60.7 Å². The number of aromatic hydroxyl groups is 4. The minimum Gasteiger partial charge on any atom is -0.507 e.